The van der Waals surface area contributed by atoms with Crippen LogP contribution in [0.2, 0.25) is 0 Å². The second-order valence-corrected chi connectivity index (χ2v) is 8.32. The van der Waals surface area contributed by atoms with E-state index in [4.69, 9.17) is 15.6 Å². The average molecular weight is 421 g/mol. The number of primary amides is 1. The molecule has 0 spiro atoms. The van der Waals surface area contributed by atoms with Crippen molar-refractivity contribution in [3.63, 3.8) is 0 Å². The van der Waals surface area contributed by atoms with Gasteiger partial charge in [-0.1, -0.05) is 36.4 Å². The predicted molar refractivity (Wildman–Crippen MR) is 125 cm³/mol. The van der Waals surface area contributed by atoms with Crippen molar-refractivity contribution in [3.05, 3.63) is 54.3 Å². The van der Waals surface area contributed by atoms with Gasteiger partial charge in [0.2, 0.25) is 5.91 Å². The molecule has 1 aliphatic heterocycles. The van der Waals surface area contributed by atoms with E-state index in [1.54, 1.807) is 0 Å². The zero-order chi connectivity index (χ0) is 21.6. The standard InChI is InChI=1S/C25H32N4O2/c1-2-6-24-22-7-3-4-8-23(22)27-29(24)20-9-11-21(12-10-20)31-18-5-15-28-16-13-19(14-17-28)25(26)30/h2-4,6-11,19,21H,5,12-18H2,1H3,(H2,26,30)/b6-2-. The molecule has 1 aliphatic carbocycles. The fraction of sp³-hybridized carbons (Fsp3) is 0.440. The van der Waals surface area contributed by atoms with Crippen molar-refractivity contribution >= 4 is 28.6 Å². The van der Waals surface area contributed by atoms with E-state index in [-0.39, 0.29) is 17.9 Å². The maximum atomic E-state index is 11.3. The number of hydrogen-bond donors (Lipinski definition) is 1. The van der Waals surface area contributed by atoms with E-state index < -0.39 is 0 Å². The van der Waals surface area contributed by atoms with Gasteiger partial charge in [0, 0.05) is 24.5 Å². The summed E-state index contributed by atoms with van der Waals surface area (Å²) in [4.78, 5) is 13.7. The van der Waals surface area contributed by atoms with Gasteiger partial charge in [-0.05, 0) is 63.9 Å². The SMILES string of the molecule is C/C=C\c1c2ccccc2nn1C1=CCC(OCCCN2CCC(C(N)=O)CC2)C=C1. The van der Waals surface area contributed by atoms with Crippen LogP contribution in [0, 0.1) is 5.92 Å². The Balaban J connectivity index is 1.26. The maximum absolute atomic E-state index is 11.3. The Kier molecular flexibility index (Phi) is 6.99. The molecule has 0 saturated carbocycles. The minimum atomic E-state index is -0.152. The zero-order valence-corrected chi connectivity index (χ0v) is 18.2. The molecular formula is C25H32N4O2. The highest BCUT2D eigenvalue weighted by atomic mass is 16.5. The molecule has 164 valence electrons. The monoisotopic (exact) mass is 420 g/mol. The number of likely N-dealkylation sites (tertiary alicyclic amines) is 1. The van der Waals surface area contributed by atoms with Crippen LogP contribution in [0.5, 0.6) is 0 Å². The normalized spacial score (nSPS) is 20.5. The molecule has 0 radical (unpaired) electrons. The molecule has 6 nitrogen and oxygen atoms in total. The summed E-state index contributed by atoms with van der Waals surface area (Å²) < 4.78 is 8.10. The maximum Gasteiger partial charge on any atom is 0.220 e. The van der Waals surface area contributed by atoms with Gasteiger partial charge in [-0.25, -0.2) is 4.68 Å². The van der Waals surface area contributed by atoms with E-state index >= 15 is 0 Å². The highest BCUT2D eigenvalue weighted by Crippen LogP contribution is 2.26. The van der Waals surface area contributed by atoms with E-state index in [1.165, 1.54) is 0 Å². The first-order chi connectivity index (χ1) is 15.2. The Labute approximate surface area is 184 Å². The van der Waals surface area contributed by atoms with Crippen LogP contribution in [-0.4, -0.2) is 52.9 Å². The molecule has 1 aromatic carbocycles. The second kappa shape index (κ2) is 10.1. The first-order valence-corrected chi connectivity index (χ1v) is 11.3. The van der Waals surface area contributed by atoms with E-state index in [0.717, 1.165) is 74.2 Å². The molecule has 1 amide bonds. The minimum absolute atomic E-state index is 0.0570. The van der Waals surface area contributed by atoms with Crippen LogP contribution in [-0.2, 0) is 9.53 Å². The average Bonchev–Trinajstić information content (AvgIpc) is 3.16. The number of amides is 1. The Morgan fingerprint density at radius 1 is 1.29 bits per heavy atom. The van der Waals surface area contributed by atoms with E-state index in [2.05, 4.69) is 47.4 Å². The van der Waals surface area contributed by atoms with Crippen LogP contribution in [0.4, 0.5) is 0 Å². The molecule has 6 heteroatoms. The summed E-state index contributed by atoms with van der Waals surface area (Å²) in [7, 11) is 0. The highest BCUT2D eigenvalue weighted by Gasteiger charge is 2.22. The molecule has 1 atom stereocenters. The quantitative estimate of drug-likeness (QED) is 0.659. The number of aromatic nitrogens is 2. The number of nitrogens with two attached hydrogens (primary N) is 1. The fourth-order valence-electron chi connectivity index (χ4n) is 4.40. The number of allylic oxidation sites excluding steroid dienone is 3. The van der Waals surface area contributed by atoms with Crippen LogP contribution < -0.4 is 5.73 Å². The summed E-state index contributed by atoms with van der Waals surface area (Å²) in [5, 5.41) is 5.95. The molecule has 2 heterocycles. The summed E-state index contributed by atoms with van der Waals surface area (Å²) in [6.45, 7) is 5.69. The second-order valence-electron chi connectivity index (χ2n) is 8.32. The third kappa shape index (κ3) is 5.14. The minimum Gasteiger partial charge on any atom is -0.374 e. The van der Waals surface area contributed by atoms with Crippen LogP contribution in [0.15, 0.2) is 48.6 Å². The predicted octanol–water partition coefficient (Wildman–Crippen LogP) is 3.84. The van der Waals surface area contributed by atoms with Gasteiger partial charge in [0.05, 0.1) is 23.0 Å². The van der Waals surface area contributed by atoms with E-state index in [0.29, 0.717) is 0 Å². The number of piperidine rings is 1. The number of ether oxygens (including phenoxy) is 1. The summed E-state index contributed by atoms with van der Waals surface area (Å²) >= 11 is 0. The van der Waals surface area contributed by atoms with Gasteiger partial charge in [0.25, 0.3) is 0 Å². The highest BCUT2D eigenvalue weighted by molar-refractivity contribution is 5.89. The van der Waals surface area contributed by atoms with Crippen LogP contribution in [0.3, 0.4) is 0 Å². The van der Waals surface area contributed by atoms with Gasteiger partial charge in [-0.2, -0.15) is 5.10 Å². The summed E-state index contributed by atoms with van der Waals surface area (Å²) in [6, 6.07) is 8.24. The number of carbonyl (C=O) groups is 1. The van der Waals surface area contributed by atoms with Crippen molar-refractivity contribution < 1.29 is 9.53 Å². The van der Waals surface area contributed by atoms with Crippen molar-refractivity contribution in [1.29, 1.82) is 0 Å². The lowest BCUT2D eigenvalue weighted by Crippen LogP contribution is -2.39. The Morgan fingerprint density at radius 2 is 2.10 bits per heavy atom. The fourth-order valence-corrected chi connectivity index (χ4v) is 4.40. The Hall–Kier alpha value is -2.70. The Bertz CT molecular complexity index is 996. The molecule has 2 aliphatic rings. The van der Waals surface area contributed by atoms with Crippen LogP contribution >= 0.6 is 0 Å². The Morgan fingerprint density at radius 3 is 2.81 bits per heavy atom. The van der Waals surface area contributed by atoms with Crippen LogP contribution in [0.25, 0.3) is 22.7 Å². The summed E-state index contributed by atoms with van der Waals surface area (Å²) in [6.07, 6.45) is 14.3. The number of hydrogen-bond acceptors (Lipinski definition) is 4. The molecule has 4 rings (SSSR count). The van der Waals surface area contributed by atoms with Gasteiger partial charge in [-0.15, -0.1) is 0 Å². The van der Waals surface area contributed by atoms with Gasteiger partial charge in [0.1, 0.15) is 0 Å². The molecule has 1 saturated heterocycles. The molecular weight excluding hydrogens is 388 g/mol. The van der Waals surface area contributed by atoms with Crippen molar-refractivity contribution in [2.45, 2.75) is 38.7 Å². The van der Waals surface area contributed by atoms with Gasteiger partial charge < -0.3 is 15.4 Å². The van der Waals surface area contributed by atoms with Crippen molar-refractivity contribution in [2.24, 2.45) is 11.7 Å². The number of carbonyl (C=O) groups excluding carboxylic acids is 1. The van der Waals surface area contributed by atoms with Gasteiger partial charge in [-0.3, -0.25) is 4.79 Å². The number of benzene rings is 1. The topological polar surface area (TPSA) is 73.4 Å². The number of nitrogens with zero attached hydrogens (tertiary/aromatic N) is 3. The van der Waals surface area contributed by atoms with Crippen molar-refractivity contribution in [2.75, 3.05) is 26.2 Å². The van der Waals surface area contributed by atoms with E-state index in [9.17, 15) is 4.79 Å². The molecule has 1 unspecified atom stereocenters. The van der Waals surface area contributed by atoms with E-state index in [1.807, 2.05) is 23.7 Å². The lowest BCUT2D eigenvalue weighted by molar-refractivity contribution is -0.123. The van der Waals surface area contributed by atoms with Gasteiger partial charge in [0.15, 0.2) is 0 Å². The lowest BCUT2D eigenvalue weighted by atomic mass is 9.96. The third-order valence-corrected chi connectivity index (χ3v) is 6.17. The first-order valence-electron chi connectivity index (χ1n) is 11.3. The zero-order valence-electron chi connectivity index (χ0n) is 18.2. The van der Waals surface area contributed by atoms with Gasteiger partial charge >= 0.3 is 0 Å². The number of fused-ring (bicyclic) bond motifs is 1. The molecule has 2 N–H and O–H groups in total. The smallest absolute Gasteiger partial charge is 0.220 e. The molecule has 2 aromatic rings. The third-order valence-electron chi connectivity index (χ3n) is 6.17. The van der Waals surface area contributed by atoms with Crippen molar-refractivity contribution in [1.82, 2.24) is 14.7 Å². The lowest BCUT2D eigenvalue weighted by Gasteiger charge is -2.30. The largest absolute Gasteiger partial charge is 0.374 e. The van der Waals surface area contributed by atoms with Crippen LogP contribution in [0.1, 0.15) is 38.3 Å². The molecule has 31 heavy (non-hydrogen) atoms. The summed E-state index contributed by atoms with van der Waals surface area (Å²) in [5.41, 5.74) is 8.60. The molecule has 1 aromatic heterocycles. The first kappa shape index (κ1) is 21.5. The van der Waals surface area contributed by atoms with Crippen molar-refractivity contribution in [3.8, 4) is 0 Å². The summed E-state index contributed by atoms with van der Waals surface area (Å²) in [5.74, 6) is -0.0953. The number of rotatable bonds is 8. The molecule has 0 bridgehead atoms. The molecule has 1 fully saturated rings.